The van der Waals surface area contributed by atoms with Crippen molar-refractivity contribution in [1.29, 1.82) is 0 Å². The monoisotopic (exact) mass is 369 g/mol. The van der Waals surface area contributed by atoms with E-state index in [4.69, 9.17) is 4.74 Å². The highest BCUT2D eigenvalue weighted by molar-refractivity contribution is 7.22. The lowest BCUT2D eigenvalue weighted by Crippen LogP contribution is -2.24. The van der Waals surface area contributed by atoms with Crippen LogP contribution in [0.4, 0.5) is 5.13 Å². The van der Waals surface area contributed by atoms with Gasteiger partial charge in [0.05, 0.1) is 23.7 Å². The molecule has 0 unspecified atom stereocenters. The number of hydrogen-bond donors (Lipinski definition) is 2. The number of rotatable bonds is 6. The number of hydrogen-bond acceptors (Lipinski definition) is 5. The molecule has 0 atom stereocenters. The highest BCUT2D eigenvalue weighted by Crippen LogP contribution is 2.27. The van der Waals surface area contributed by atoms with E-state index in [1.165, 1.54) is 18.3 Å². The molecule has 0 radical (unpaired) electrons. The topological polar surface area (TPSA) is 80.3 Å². The van der Waals surface area contributed by atoms with Crippen molar-refractivity contribution in [2.45, 2.75) is 19.9 Å². The van der Waals surface area contributed by atoms with Crippen LogP contribution in [0.1, 0.15) is 18.1 Å². The Bertz CT molecular complexity index is 952. The summed E-state index contributed by atoms with van der Waals surface area (Å²) in [6, 6.07) is 13.3. The lowest BCUT2D eigenvalue weighted by molar-refractivity contribution is -0.120. The third-order valence-electron chi connectivity index (χ3n) is 3.77. The van der Waals surface area contributed by atoms with Crippen molar-refractivity contribution in [2.75, 3.05) is 12.4 Å². The van der Waals surface area contributed by atoms with E-state index in [0.29, 0.717) is 11.7 Å². The minimum absolute atomic E-state index is 0.0677. The van der Waals surface area contributed by atoms with Crippen molar-refractivity contribution < 1.29 is 14.3 Å². The molecule has 1 heterocycles. The van der Waals surface area contributed by atoms with E-state index in [1.54, 1.807) is 7.11 Å². The molecule has 6 nitrogen and oxygen atoms in total. The molecule has 0 aliphatic carbocycles. The molecule has 1 aromatic heterocycles. The minimum Gasteiger partial charge on any atom is -0.496 e. The molecular formula is C19H19N3O3S. The molecule has 2 aromatic carbocycles. The van der Waals surface area contributed by atoms with Gasteiger partial charge in [-0.15, -0.1) is 0 Å². The van der Waals surface area contributed by atoms with Gasteiger partial charge in [0.15, 0.2) is 5.13 Å². The first-order chi connectivity index (χ1) is 12.5. The predicted octanol–water partition coefficient (Wildman–Crippen LogP) is 3.12. The van der Waals surface area contributed by atoms with Crippen LogP contribution in [0.3, 0.4) is 0 Å². The smallest absolute Gasteiger partial charge is 0.224 e. The zero-order chi connectivity index (χ0) is 18.5. The lowest BCUT2D eigenvalue weighted by Gasteiger charge is -2.09. The summed E-state index contributed by atoms with van der Waals surface area (Å²) >= 11 is 1.39. The van der Waals surface area contributed by atoms with Crippen molar-refractivity contribution in [3.8, 4) is 5.75 Å². The summed E-state index contributed by atoms with van der Waals surface area (Å²) < 4.78 is 6.22. The molecule has 0 saturated carbocycles. The molecule has 0 aliphatic heterocycles. The number of anilines is 1. The normalized spacial score (nSPS) is 10.5. The largest absolute Gasteiger partial charge is 0.496 e. The number of ether oxygens (including phenoxy) is 1. The number of nitrogens with one attached hydrogen (secondary N) is 2. The minimum atomic E-state index is -0.153. The number of amides is 2. The summed E-state index contributed by atoms with van der Waals surface area (Å²) in [5, 5.41) is 6.15. The summed E-state index contributed by atoms with van der Waals surface area (Å²) in [4.78, 5) is 27.7. The van der Waals surface area contributed by atoms with E-state index < -0.39 is 0 Å². The highest BCUT2D eigenvalue weighted by Gasteiger charge is 2.09. The van der Waals surface area contributed by atoms with Crippen LogP contribution in [-0.2, 0) is 22.6 Å². The lowest BCUT2D eigenvalue weighted by atomic mass is 10.1. The predicted molar refractivity (Wildman–Crippen MR) is 102 cm³/mol. The van der Waals surface area contributed by atoms with Crippen molar-refractivity contribution in [3.63, 3.8) is 0 Å². The number of para-hydroxylation sites is 1. The molecule has 7 heteroatoms. The van der Waals surface area contributed by atoms with Gasteiger partial charge in [-0.05, 0) is 23.8 Å². The molecule has 3 rings (SSSR count). The van der Waals surface area contributed by atoms with E-state index >= 15 is 0 Å². The summed E-state index contributed by atoms with van der Waals surface area (Å²) in [6.45, 7) is 1.86. The van der Waals surface area contributed by atoms with Gasteiger partial charge >= 0.3 is 0 Å². The fourth-order valence-corrected chi connectivity index (χ4v) is 3.55. The van der Waals surface area contributed by atoms with Gasteiger partial charge in [0, 0.05) is 19.0 Å². The van der Waals surface area contributed by atoms with Crippen LogP contribution in [0.15, 0.2) is 42.5 Å². The quantitative estimate of drug-likeness (QED) is 0.700. The van der Waals surface area contributed by atoms with Crippen LogP contribution in [0, 0.1) is 0 Å². The molecule has 0 fully saturated rings. The molecule has 0 bridgehead atoms. The molecule has 26 heavy (non-hydrogen) atoms. The third kappa shape index (κ3) is 4.37. The number of fused-ring (bicyclic) bond motifs is 1. The molecule has 134 valence electrons. The zero-order valence-corrected chi connectivity index (χ0v) is 15.4. The second-order valence-corrected chi connectivity index (χ2v) is 6.80. The zero-order valence-electron chi connectivity index (χ0n) is 14.5. The van der Waals surface area contributed by atoms with Crippen LogP contribution in [0.5, 0.6) is 5.75 Å². The van der Waals surface area contributed by atoms with Crippen LogP contribution in [-0.4, -0.2) is 23.9 Å². The van der Waals surface area contributed by atoms with Gasteiger partial charge in [-0.3, -0.25) is 9.59 Å². The molecule has 0 saturated heterocycles. The Morgan fingerprint density at radius 1 is 1.19 bits per heavy atom. The number of carbonyl (C=O) groups is 2. The number of nitrogens with zero attached hydrogens (tertiary/aromatic N) is 1. The van der Waals surface area contributed by atoms with Gasteiger partial charge in [-0.1, -0.05) is 35.6 Å². The van der Waals surface area contributed by atoms with Gasteiger partial charge in [0.25, 0.3) is 0 Å². The molecule has 3 aromatic rings. The van der Waals surface area contributed by atoms with Crippen molar-refractivity contribution in [2.24, 2.45) is 0 Å². The Labute approximate surface area is 155 Å². The highest BCUT2D eigenvalue weighted by atomic mass is 32.1. The van der Waals surface area contributed by atoms with Gasteiger partial charge in [0.2, 0.25) is 11.8 Å². The van der Waals surface area contributed by atoms with Gasteiger partial charge in [-0.25, -0.2) is 4.98 Å². The molecule has 2 N–H and O–H groups in total. The van der Waals surface area contributed by atoms with E-state index in [0.717, 1.165) is 27.1 Å². The van der Waals surface area contributed by atoms with Crippen LogP contribution < -0.4 is 15.4 Å². The number of carbonyl (C=O) groups excluding carboxylic acids is 2. The third-order valence-corrected chi connectivity index (χ3v) is 4.70. The maximum absolute atomic E-state index is 12.3. The number of thiazole rings is 1. The van der Waals surface area contributed by atoms with Crippen molar-refractivity contribution in [3.05, 3.63) is 53.6 Å². The Kier molecular flexibility index (Phi) is 5.48. The van der Waals surface area contributed by atoms with E-state index in [-0.39, 0.29) is 18.2 Å². The Hall–Kier alpha value is -2.93. The fourth-order valence-electron chi connectivity index (χ4n) is 2.57. The summed E-state index contributed by atoms with van der Waals surface area (Å²) in [7, 11) is 1.61. The summed E-state index contributed by atoms with van der Waals surface area (Å²) in [6.07, 6.45) is 0.276. The maximum Gasteiger partial charge on any atom is 0.224 e. The molecule has 0 aliphatic rings. The second kappa shape index (κ2) is 7.97. The standard InChI is InChI=1S/C19H19N3O3S/c1-12(23)21-19-22-15-8-7-13(9-17(15)26-19)10-18(24)20-11-14-5-3-4-6-16(14)25-2/h3-9H,10-11H2,1-2H3,(H,20,24)(H,21,22,23). The molecular weight excluding hydrogens is 350 g/mol. The Morgan fingerprint density at radius 2 is 2.00 bits per heavy atom. The van der Waals surface area contributed by atoms with Crippen molar-refractivity contribution >= 4 is 38.5 Å². The SMILES string of the molecule is COc1ccccc1CNC(=O)Cc1ccc2nc(NC(C)=O)sc2c1. The number of methoxy groups -OCH3 is 1. The second-order valence-electron chi connectivity index (χ2n) is 5.77. The molecule has 2 amide bonds. The van der Waals surface area contributed by atoms with Crippen LogP contribution in [0.2, 0.25) is 0 Å². The number of aromatic nitrogens is 1. The van der Waals surface area contributed by atoms with Crippen LogP contribution >= 0.6 is 11.3 Å². The molecule has 0 spiro atoms. The van der Waals surface area contributed by atoms with Crippen LogP contribution in [0.25, 0.3) is 10.2 Å². The average Bonchev–Trinajstić information content (AvgIpc) is 3.00. The fraction of sp³-hybridized carbons (Fsp3) is 0.211. The van der Waals surface area contributed by atoms with E-state index in [2.05, 4.69) is 15.6 Å². The van der Waals surface area contributed by atoms with Gasteiger partial charge in [-0.2, -0.15) is 0 Å². The summed E-state index contributed by atoms with van der Waals surface area (Å²) in [5.41, 5.74) is 2.63. The van der Waals surface area contributed by atoms with Gasteiger partial charge < -0.3 is 15.4 Å². The Balaban J connectivity index is 1.64. The maximum atomic E-state index is 12.3. The number of benzene rings is 2. The first-order valence-corrected chi connectivity index (χ1v) is 8.92. The van der Waals surface area contributed by atoms with E-state index in [1.807, 2.05) is 42.5 Å². The average molecular weight is 369 g/mol. The van der Waals surface area contributed by atoms with Crippen molar-refractivity contribution in [1.82, 2.24) is 10.3 Å². The first kappa shape index (κ1) is 17.9. The first-order valence-electron chi connectivity index (χ1n) is 8.11. The summed E-state index contributed by atoms with van der Waals surface area (Å²) in [5.74, 6) is 0.534. The van der Waals surface area contributed by atoms with Gasteiger partial charge in [0.1, 0.15) is 5.75 Å². The Morgan fingerprint density at radius 3 is 2.77 bits per heavy atom. The van der Waals surface area contributed by atoms with E-state index in [9.17, 15) is 9.59 Å².